The SMILES string of the molecule is Fc1cc(=S)cc(Cl)[nH]1. The topological polar surface area (TPSA) is 15.8 Å². The van der Waals surface area contributed by atoms with Gasteiger partial charge < -0.3 is 4.98 Å². The zero-order valence-electron chi connectivity index (χ0n) is 4.32. The Morgan fingerprint density at radius 2 is 2.22 bits per heavy atom. The number of nitrogens with one attached hydrogen (secondary N) is 1. The van der Waals surface area contributed by atoms with Crippen LogP contribution in [0.25, 0.3) is 0 Å². The van der Waals surface area contributed by atoms with E-state index in [0.717, 1.165) is 0 Å². The fraction of sp³-hybridized carbons (Fsp3) is 0. The Labute approximate surface area is 61.5 Å². The molecule has 0 unspecified atom stereocenters. The molecule has 1 nitrogen and oxygen atoms in total. The van der Waals surface area contributed by atoms with E-state index in [-0.39, 0.29) is 5.15 Å². The van der Waals surface area contributed by atoms with Crippen LogP contribution in [0.3, 0.4) is 0 Å². The van der Waals surface area contributed by atoms with E-state index in [1.165, 1.54) is 12.1 Å². The molecule has 0 aliphatic heterocycles. The summed E-state index contributed by atoms with van der Waals surface area (Å²) in [6.07, 6.45) is 0. The van der Waals surface area contributed by atoms with Crippen LogP contribution in [0.1, 0.15) is 0 Å². The van der Waals surface area contributed by atoms with Crippen LogP contribution in [-0.4, -0.2) is 4.98 Å². The second-order valence-corrected chi connectivity index (χ2v) is 2.39. The number of hydrogen-bond acceptors (Lipinski definition) is 1. The number of rotatable bonds is 0. The van der Waals surface area contributed by atoms with Gasteiger partial charge in [0.2, 0.25) is 0 Å². The predicted octanol–water partition coefficient (Wildman–Crippen LogP) is 2.54. The lowest BCUT2D eigenvalue weighted by Crippen LogP contribution is -1.80. The first kappa shape index (κ1) is 6.71. The van der Waals surface area contributed by atoms with Crippen molar-refractivity contribution in [1.29, 1.82) is 0 Å². The van der Waals surface area contributed by atoms with E-state index >= 15 is 0 Å². The average molecular weight is 164 g/mol. The maximum atomic E-state index is 12.2. The molecule has 0 atom stereocenters. The van der Waals surface area contributed by atoms with Crippen molar-refractivity contribution < 1.29 is 4.39 Å². The van der Waals surface area contributed by atoms with E-state index in [2.05, 4.69) is 17.2 Å². The van der Waals surface area contributed by atoms with Crippen molar-refractivity contribution in [3.63, 3.8) is 0 Å². The molecule has 0 saturated heterocycles. The molecule has 0 spiro atoms. The highest BCUT2D eigenvalue weighted by Crippen LogP contribution is 2.05. The number of aromatic amines is 1. The summed E-state index contributed by atoms with van der Waals surface area (Å²) in [7, 11) is 0. The van der Waals surface area contributed by atoms with Crippen LogP contribution < -0.4 is 0 Å². The lowest BCUT2D eigenvalue weighted by Gasteiger charge is -1.89. The molecule has 1 rings (SSSR count). The minimum absolute atomic E-state index is 0.222. The molecular formula is C5H3ClFNS. The van der Waals surface area contributed by atoms with Gasteiger partial charge in [-0.15, -0.1) is 0 Å². The maximum Gasteiger partial charge on any atom is 0.193 e. The van der Waals surface area contributed by atoms with Crippen LogP contribution in [0.15, 0.2) is 12.1 Å². The highest BCUT2D eigenvalue weighted by Gasteiger charge is 1.89. The molecule has 0 radical (unpaired) electrons. The van der Waals surface area contributed by atoms with Gasteiger partial charge in [-0.3, -0.25) is 0 Å². The molecule has 1 aromatic rings. The zero-order chi connectivity index (χ0) is 6.85. The van der Waals surface area contributed by atoms with Crippen molar-refractivity contribution in [1.82, 2.24) is 4.98 Å². The second kappa shape index (κ2) is 2.45. The Kier molecular flexibility index (Phi) is 1.83. The Hall–Kier alpha value is -0.410. The average Bonchev–Trinajstić information content (AvgIpc) is 1.59. The summed E-state index contributed by atoms with van der Waals surface area (Å²) in [6, 6.07) is 2.67. The number of halogens is 2. The Morgan fingerprint density at radius 1 is 1.56 bits per heavy atom. The minimum Gasteiger partial charge on any atom is -0.322 e. The summed E-state index contributed by atoms with van der Waals surface area (Å²) in [5, 5.41) is 0.222. The lowest BCUT2D eigenvalue weighted by molar-refractivity contribution is 0.583. The van der Waals surface area contributed by atoms with Gasteiger partial charge in [0.25, 0.3) is 0 Å². The van der Waals surface area contributed by atoms with Gasteiger partial charge in [0.15, 0.2) is 5.95 Å². The van der Waals surface area contributed by atoms with E-state index in [1.54, 1.807) is 0 Å². The van der Waals surface area contributed by atoms with Gasteiger partial charge >= 0.3 is 0 Å². The smallest absolute Gasteiger partial charge is 0.193 e. The number of pyridine rings is 1. The maximum absolute atomic E-state index is 12.2. The van der Waals surface area contributed by atoms with E-state index < -0.39 is 5.95 Å². The molecule has 1 heterocycles. The largest absolute Gasteiger partial charge is 0.322 e. The van der Waals surface area contributed by atoms with Crippen molar-refractivity contribution in [3.8, 4) is 0 Å². The highest BCUT2D eigenvalue weighted by atomic mass is 35.5. The fourth-order valence-electron chi connectivity index (χ4n) is 0.478. The third-order valence-electron chi connectivity index (χ3n) is 0.777. The predicted molar refractivity (Wildman–Crippen MR) is 36.6 cm³/mol. The third-order valence-corrected chi connectivity index (χ3v) is 1.22. The number of aromatic nitrogens is 1. The van der Waals surface area contributed by atoms with E-state index in [9.17, 15) is 4.39 Å². The molecule has 0 aliphatic rings. The molecule has 0 saturated carbocycles. The summed E-state index contributed by atoms with van der Waals surface area (Å²) < 4.78 is 12.6. The third kappa shape index (κ3) is 1.77. The minimum atomic E-state index is -0.507. The standard InChI is InChI=1S/C5H3ClFNS/c6-4-1-3(9)2-5(7)8-4/h1-2H,(H,8,9). The van der Waals surface area contributed by atoms with Gasteiger partial charge in [0.05, 0.1) is 0 Å². The van der Waals surface area contributed by atoms with Crippen LogP contribution in [0.2, 0.25) is 5.15 Å². The van der Waals surface area contributed by atoms with Crippen molar-refractivity contribution in [3.05, 3.63) is 27.7 Å². The number of hydrogen-bond donors (Lipinski definition) is 1. The zero-order valence-corrected chi connectivity index (χ0v) is 5.89. The van der Waals surface area contributed by atoms with E-state index in [1.807, 2.05) is 0 Å². The van der Waals surface area contributed by atoms with Crippen molar-refractivity contribution >= 4 is 23.8 Å². The normalized spacial score (nSPS) is 9.56. The van der Waals surface area contributed by atoms with Crippen molar-refractivity contribution in [2.45, 2.75) is 0 Å². The van der Waals surface area contributed by atoms with Gasteiger partial charge in [-0.05, 0) is 6.07 Å². The van der Waals surface area contributed by atoms with Crippen LogP contribution in [0.5, 0.6) is 0 Å². The highest BCUT2D eigenvalue weighted by molar-refractivity contribution is 7.71. The Bertz CT molecular complexity index is 247. The summed E-state index contributed by atoms with van der Waals surface area (Å²) in [5.74, 6) is -0.507. The van der Waals surface area contributed by atoms with E-state index in [0.29, 0.717) is 4.51 Å². The molecule has 0 fully saturated rings. The summed E-state index contributed by atoms with van der Waals surface area (Å²) in [4.78, 5) is 2.24. The molecule has 0 aromatic carbocycles. The molecule has 0 bridgehead atoms. The summed E-state index contributed by atoms with van der Waals surface area (Å²) in [6.45, 7) is 0. The Morgan fingerprint density at radius 3 is 2.67 bits per heavy atom. The molecule has 0 aliphatic carbocycles. The van der Waals surface area contributed by atoms with Gasteiger partial charge in [0.1, 0.15) is 5.15 Å². The van der Waals surface area contributed by atoms with Gasteiger partial charge in [-0.25, -0.2) is 0 Å². The molecule has 1 aromatic heterocycles. The second-order valence-electron chi connectivity index (χ2n) is 1.51. The lowest BCUT2D eigenvalue weighted by atomic mass is 10.5. The van der Waals surface area contributed by atoms with E-state index in [4.69, 9.17) is 11.6 Å². The quantitative estimate of drug-likeness (QED) is 0.459. The van der Waals surface area contributed by atoms with Crippen LogP contribution in [0, 0.1) is 10.5 Å². The van der Waals surface area contributed by atoms with Crippen molar-refractivity contribution in [2.75, 3.05) is 0 Å². The Balaban J connectivity index is 3.33. The number of H-pyrrole nitrogens is 1. The van der Waals surface area contributed by atoms with Gasteiger partial charge in [0, 0.05) is 10.6 Å². The molecule has 1 N–H and O–H groups in total. The van der Waals surface area contributed by atoms with Crippen LogP contribution >= 0.6 is 23.8 Å². The monoisotopic (exact) mass is 163 g/mol. The van der Waals surface area contributed by atoms with Crippen molar-refractivity contribution in [2.24, 2.45) is 0 Å². The summed E-state index contributed by atoms with van der Waals surface area (Å²) >= 11 is 10.0. The first-order chi connectivity index (χ1) is 4.18. The molecule has 4 heteroatoms. The van der Waals surface area contributed by atoms with Crippen LogP contribution in [0.4, 0.5) is 4.39 Å². The summed E-state index contributed by atoms with van der Waals surface area (Å²) in [5.41, 5.74) is 0. The first-order valence-electron chi connectivity index (χ1n) is 2.24. The van der Waals surface area contributed by atoms with Gasteiger partial charge in [-0.1, -0.05) is 23.8 Å². The van der Waals surface area contributed by atoms with Crippen LogP contribution in [-0.2, 0) is 0 Å². The molecule has 9 heavy (non-hydrogen) atoms. The van der Waals surface area contributed by atoms with Gasteiger partial charge in [-0.2, -0.15) is 4.39 Å². The first-order valence-corrected chi connectivity index (χ1v) is 3.02. The molecule has 0 amide bonds. The molecular weight excluding hydrogens is 161 g/mol. The molecule has 48 valence electrons. The fourth-order valence-corrected chi connectivity index (χ4v) is 0.972.